The highest BCUT2D eigenvalue weighted by molar-refractivity contribution is 7.99. The third-order valence-electron chi connectivity index (χ3n) is 4.24. The molecule has 4 unspecified atom stereocenters. The number of halogens is 2. The minimum absolute atomic E-state index is 0.0185. The Balaban J connectivity index is 3.04. The van der Waals surface area contributed by atoms with Crippen molar-refractivity contribution in [3.8, 4) is 0 Å². The van der Waals surface area contributed by atoms with Crippen LogP contribution in [0.1, 0.15) is 24.2 Å². The third kappa shape index (κ3) is 8.99. The first kappa shape index (κ1) is 27.7. The number of nitrogens with two attached hydrogens (primary N) is 2. The molecule has 0 radical (unpaired) electrons. The molecule has 0 amide bonds. The topological polar surface area (TPSA) is 161 Å². The normalized spacial score (nSPS) is 15.0. The molecular formula is C19H24Cl2N2O6S2. The highest BCUT2D eigenvalue weighted by Crippen LogP contribution is 2.40. The maximum atomic E-state index is 12.9. The molecule has 0 heterocycles. The van der Waals surface area contributed by atoms with Crippen LogP contribution in [0.2, 0.25) is 10.0 Å². The zero-order chi connectivity index (χ0) is 23.7. The van der Waals surface area contributed by atoms with E-state index in [-0.39, 0.29) is 40.3 Å². The summed E-state index contributed by atoms with van der Waals surface area (Å²) in [7, 11) is 0. The van der Waals surface area contributed by atoms with Crippen molar-refractivity contribution in [2.45, 2.75) is 30.7 Å². The van der Waals surface area contributed by atoms with Crippen molar-refractivity contribution in [2.24, 2.45) is 17.4 Å². The Morgan fingerprint density at radius 1 is 1.00 bits per heavy atom. The van der Waals surface area contributed by atoms with E-state index in [1.165, 1.54) is 30.8 Å². The monoisotopic (exact) mass is 510 g/mol. The van der Waals surface area contributed by atoms with E-state index in [9.17, 15) is 19.2 Å². The minimum atomic E-state index is -1.20. The second-order valence-corrected chi connectivity index (χ2v) is 9.84. The molecule has 1 aromatic carbocycles. The van der Waals surface area contributed by atoms with Gasteiger partial charge in [0.15, 0.2) is 0 Å². The predicted octanol–water partition coefficient (Wildman–Crippen LogP) is 2.49. The van der Waals surface area contributed by atoms with E-state index in [1.807, 2.05) is 0 Å². The van der Waals surface area contributed by atoms with Gasteiger partial charge < -0.3 is 21.7 Å². The Kier molecular flexibility index (Phi) is 11.9. The van der Waals surface area contributed by atoms with Gasteiger partial charge in [0.25, 0.3) is 0 Å². The SMILES string of the molecule is CC(=O)C(C(=O)CCSCC(N)C(=O)O)C(SCC(N)C(=O)O)c1ccc(Cl)c(Cl)c1. The molecule has 0 aliphatic rings. The van der Waals surface area contributed by atoms with Gasteiger partial charge in [-0.3, -0.25) is 19.2 Å². The van der Waals surface area contributed by atoms with Crippen molar-refractivity contribution >= 4 is 70.2 Å². The summed E-state index contributed by atoms with van der Waals surface area (Å²) >= 11 is 14.4. The average molecular weight is 511 g/mol. The van der Waals surface area contributed by atoms with Crippen molar-refractivity contribution in [3.05, 3.63) is 33.8 Å². The molecule has 6 N–H and O–H groups in total. The minimum Gasteiger partial charge on any atom is -0.480 e. The molecule has 0 aromatic heterocycles. The van der Waals surface area contributed by atoms with Gasteiger partial charge in [-0.25, -0.2) is 0 Å². The number of carboxylic acids is 2. The van der Waals surface area contributed by atoms with E-state index in [1.54, 1.807) is 6.07 Å². The number of rotatable bonds is 14. The second kappa shape index (κ2) is 13.3. The number of benzene rings is 1. The van der Waals surface area contributed by atoms with Crippen LogP contribution in [0, 0.1) is 5.92 Å². The summed E-state index contributed by atoms with van der Waals surface area (Å²) in [6, 6.07) is 2.49. The number of Topliss-reactive ketones (excluding diaryl/α,β-unsaturated/α-hetero) is 2. The van der Waals surface area contributed by atoms with Crippen molar-refractivity contribution < 1.29 is 29.4 Å². The third-order valence-corrected chi connectivity index (χ3v) is 7.52. The Labute approximate surface area is 198 Å². The predicted molar refractivity (Wildman–Crippen MR) is 124 cm³/mol. The zero-order valence-corrected chi connectivity index (χ0v) is 19.8. The van der Waals surface area contributed by atoms with Gasteiger partial charge >= 0.3 is 11.9 Å². The summed E-state index contributed by atoms with van der Waals surface area (Å²) in [6.07, 6.45) is 0.0185. The average Bonchev–Trinajstić information content (AvgIpc) is 2.69. The molecule has 0 aliphatic heterocycles. The number of hydrogen-bond acceptors (Lipinski definition) is 8. The first-order chi connectivity index (χ1) is 14.5. The van der Waals surface area contributed by atoms with Crippen LogP contribution >= 0.6 is 46.7 Å². The number of ketones is 2. The molecule has 4 atom stereocenters. The standard InChI is InChI=1S/C19H24Cl2N2O6S2/c1-9(24)16(15(25)4-5-30-7-13(22)18(26)27)17(31-8-14(23)19(28)29)10-2-3-11(20)12(21)6-10/h2-3,6,13-14,16-17H,4-5,7-8,22-23H2,1H3,(H,26,27)(H,28,29). The van der Waals surface area contributed by atoms with Crippen LogP contribution < -0.4 is 11.5 Å². The van der Waals surface area contributed by atoms with Crippen molar-refractivity contribution in [3.63, 3.8) is 0 Å². The van der Waals surface area contributed by atoms with E-state index in [2.05, 4.69) is 0 Å². The molecule has 0 bridgehead atoms. The molecule has 8 nitrogen and oxygen atoms in total. The summed E-state index contributed by atoms with van der Waals surface area (Å²) in [5, 5.41) is 17.7. The number of thioether (sulfide) groups is 2. The van der Waals surface area contributed by atoms with E-state index in [0.29, 0.717) is 10.6 Å². The van der Waals surface area contributed by atoms with E-state index in [4.69, 9.17) is 44.9 Å². The first-order valence-corrected chi connectivity index (χ1v) is 12.1. The van der Waals surface area contributed by atoms with Crippen molar-refractivity contribution in [1.82, 2.24) is 0 Å². The summed E-state index contributed by atoms with van der Waals surface area (Å²) < 4.78 is 0. The number of carbonyl (C=O) groups is 4. The Hall–Kier alpha value is -1.30. The van der Waals surface area contributed by atoms with Crippen LogP contribution in [0.15, 0.2) is 18.2 Å². The molecule has 31 heavy (non-hydrogen) atoms. The fraction of sp³-hybridized carbons (Fsp3) is 0.474. The lowest BCUT2D eigenvalue weighted by Gasteiger charge is -2.25. The van der Waals surface area contributed by atoms with Crippen LogP contribution in [-0.2, 0) is 19.2 Å². The van der Waals surface area contributed by atoms with E-state index >= 15 is 0 Å². The highest BCUT2D eigenvalue weighted by atomic mass is 35.5. The largest absolute Gasteiger partial charge is 0.480 e. The van der Waals surface area contributed by atoms with Crippen LogP contribution in [0.25, 0.3) is 0 Å². The molecule has 1 aromatic rings. The van der Waals surface area contributed by atoms with Gasteiger partial charge in [-0.15, -0.1) is 0 Å². The number of hydrogen-bond donors (Lipinski definition) is 4. The summed E-state index contributed by atoms with van der Waals surface area (Å²) in [4.78, 5) is 47.2. The smallest absolute Gasteiger partial charge is 0.321 e. The molecule has 0 saturated heterocycles. The van der Waals surface area contributed by atoms with Gasteiger partial charge in [0.05, 0.1) is 16.0 Å². The summed E-state index contributed by atoms with van der Waals surface area (Å²) in [6.45, 7) is 1.29. The maximum Gasteiger partial charge on any atom is 0.321 e. The molecule has 12 heteroatoms. The second-order valence-electron chi connectivity index (χ2n) is 6.70. The van der Waals surface area contributed by atoms with Crippen LogP contribution in [0.5, 0.6) is 0 Å². The van der Waals surface area contributed by atoms with Crippen LogP contribution in [0.3, 0.4) is 0 Å². The number of carboxylic acid groups (broad SMARTS) is 2. The van der Waals surface area contributed by atoms with Gasteiger partial charge in [-0.1, -0.05) is 29.3 Å². The first-order valence-electron chi connectivity index (χ1n) is 9.09. The molecule has 0 spiro atoms. The number of aliphatic carboxylic acids is 2. The Morgan fingerprint density at radius 3 is 2.10 bits per heavy atom. The highest BCUT2D eigenvalue weighted by Gasteiger charge is 2.34. The molecule has 1 rings (SSSR count). The maximum absolute atomic E-state index is 12.9. The van der Waals surface area contributed by atoms with Gasteiger partial charge in [-0.05, 0) is 24.6 Å². The fourth-order valence-electron chi connectivity index (χ4n) is 2.57. The fourth-order valence-corrected chi connectivity index (χ4v) is 5.22. The molecule has 0 saturated carbocycles. The van der Waals surface area contributed by atoms with Crippen molar-refractivity contribution in [1.29, 1.82) is 0 Å². The van der Waals surface area contributed by atoms with Gasteiger partial charge in [0.1, 0.15) is 23.7 Å². The summed E-state index contributed by atoms with van der Waals surface area (Å²) in [5.74, 6) is -3.73. The Morgan fingerprint density at radius 2 is 1.58 bits per heavy atom. The van der Waals surface area contributed by atoms with Crippen LogP contribution in [-0.4, -0.2) is 63.1 Å². The molecule has 172 valence electrons. The lowest BCUT2D eigenvalue weighted by atomic mass is 9.90. The van der Waals surface area contributed by atoms with E-state index < -0.39 is 35.2 Å². The van der Waals surface area contributed by atoms with E-state index in [0.717, 1.165) is 11.8 Å². The Bertz CT molecular complexity index is 827. The molecule has 0 aliphatic carbocycles. The number of carbonyl (C=O) groups excluding carboxylic acids is 2. The van der Waals surface area contributed by atoms with Gasteiger partial charge in [-0.2, -0.15) is 23.5 Å². The van der Waals surface area contributed by atoms with Crippen molar-refractivity contribution in [2.75, 3.05) is 17.3 Å². The van der Waals surface area contributed by atoms with Crippen LogP contribution in [0.4, 0.5) is 0 Å². The lowest BCUT2D eigenvalue weighted by molar-refractivity contribution is -0.138. The van der Waals surface area contributed by atoms with Gasteiger partial charge in [0, 0.05) is 28.9 Å². The quantitative estimate of drug-likeness (QED) is 0.216. The molecular weight excluding hydrogens is 487 g/mol. The lowest BCUT2D eigenvalue weighted by Crippen LogP contribution is -2.34. The van der Waals surface area contributed by atoms with Gasteiger partial charge in [0.2, 0.25) is 0 Å². The summed E-state index contributed by atoms with van der Waals surface area (Å²) in [5.41, 5.74) is 11.6. The molecule has 0 fully saturated rings. The zero-order valence-electron chi connectivity index (χ0n) is 16.6.